The van der Waals surface area contributed by atoms with E-state index in [9.17, 15) is 0 Å². The van der Waals surface area contributed by atoms with Crippen molar-refractivity contribution in [3.63, 3.8) is 0 Å². The smallest absolute Gasteiger partial charge is 0.242 e. The molecule has 1 saturated carbocycles. The monoisotopic (exact) mass is 234 g/mol. The van der Waals surface area contributed by atoms with Gasteiger partial charge in [-0.1, -0.05) is 27.2 Å². The first-order valence-electron chi connectivity index (χ1n) is 6.63. The highest BCUT2D eigenvalue weighted by Gasteiger charge is 2.31. The molecule has 1 aromatic rings. The number of aromatic nitrogens is 3. The van der Waals surface area contributed by atoms with Crippen molar-refractivity contribution in [2.24, 2.45) is 5.41 Å². The summed E-state index contributed by atoms with van der Waals surface area (Å²) in [5, 5.41) is 11.7. The standard InChI is InChI=1S/C13H22N4/c1-4-10-11(5-2)16-17-12(15-10)14-9-13(3)7-6-8-13/h4-9H2,1-3H3,(H,14,15,17). The highest BCUT2D eigenvalue weighted by Crippen LogP contribution is 2.39. The van der Waals surface area contributed by atoms with Gasteiger partial charge in [0, 0.05) is 6.54 Å². The zero-order valence-corrected chi connectivity index (χ0v) is 11.1. The maximum atomic E-state index is 4.54. The van der Waals surface area contributed by atoms with E-state index in [-0.39, 0.29) is 0 Å². The Labute approximate surface area is 103 Å². The van der Waals surface area contributed by atoms with Crippen molar-refractivity contribution in [1.29, 1.82) is 0 Å². The number of nitrogens with one attached hydrogen (secondary N) is 1. The third-order valence-corrected chi connectivity index (χ3v) is 3.74. The topological polar surface area (TPSA) is 50.7 Å². The van der Waals surface area contributed by atoms with Crippen LogP contribution in [0.15, 0.2) is 0 Å². The maximum Gasteiger partial charge on any atom is 0.242 e. The molecule has 1 N–H and O–H groups in total. The molecule has 2 rings (SSSR count). The number of nitrogens with zero attached hydrogens (tertiary/aromatic N) is 3. The van der Waals surface area contributed by atoms with Crippen LogP contribution in [0.3, 0.4) is 0 Å². The summed E-state index contributed by atoms with van der Waals surface area (Å²) < 4.78 is 0. The van der Waals surface area contributed by atoms with Crippen LogP contribution in [-0.2, 0) is 12.8 Å². The number of anilines is 1. The lowest BCUT2D eigenvalue weighted by atomic mass is 9.70. The van der Waals surface area contributed by atoms with Crippen LogP contribution in [0.5, 0.6) is 0 Å². The van der Waals surface area contributed by atoms with Crippen molar-refractivity contribution in [3.8, 4) is 0 Å². The van der Waals surface area contributed by atoms with Crippen LogP contribution < -0.4 is 5.32 Å². The van der Waals surface area contributed by atoms with Gasteiger partial charge in [-0.05, 0) is 31.1 Å². The second kappa shape index (κ2) is 4.98. The van der Waals surface area contributed by atoms with E-state index >= 15 is 0 Å². The van der Waals surface area contributed by atoms with Gasteiger partial charge in [0.05, 0.1) is 11.4 Å². The molecular formula is C13H22N4. The van der Waals surface area contributed by atoms with Gasteiger partial charge < -0.3 is 5.32 Å². The van der Waals surface area contributed by atoms with Gasteiger partial charge in [-0.2, -0.15) is 5.10 Å². The predicted octanol–water partition coefficient (Wildman–Crippen LogP) is 2.60. The summed E-state index contributed by atoms with van der Waals surface area (Å²) in [5.74, 6) is 0.687. The van der Waals surface area contributed by atoms with Gasteiger partial charge in [-0.15, -0.1) is 5.10 Å². The van der Waals surface area contributed by atoms with Gasteiger partial charge in [0.15, 0.2) is 0 Å². The third kappa shape index (κ3) is 2.73. The van der Waals surface area contributed by atoms with Gasteiger partial charge >= 0.3 is 0 Å². The number of hydrogen-bond acceptors (Lipinski definition) is 4. The fourth-order valence-corrected chi connectivity index (χ4v) is 2.26. The summed E-state index contributed by atoms with van der Waals surface area (Å²) in [6.07, 6.45) is 5.79. The van der Waals surface area contributed by atoms with E-state index in [1.54, 1.807) is 0 Å². The molecule has 0 atom stereocenters. The molecule has 4 nitrogen and oxygen atoms in total. The minimum atomic E-state index is 0.444. The molecule has 4 heteroatoms. The van der Waals surface area contributed by atoms with E-state index in [0.717, 1.165) is 30.8 Å². The molecular weight excluding hydrogens is 212 g/mol. The second-order valence-electron chi connectivity index (χ2n) is 5.25. The molecule has 0 aromatic carbocycles. The molecule has 1 fully saturated rings. The highest BCUT2D eigenvalue weighted by atomic mass is 15.2. The summed E-state index contributed by atoms with van der Waals surface area (Å²) in [6.45, 7) is 7.48. The van der Waals surface area contributed by atoms with Gasteiger partial charge in [0.25, 0.3) is 0 Å². The quantitative estimate of drug-likeness (QED) is 0.850. The third-order valence-electron chi connectivity index (χ3n) is 3.74. The normalized spacial score (nSPS) is 17.6. The first-order chi connectivity index (χ1) is 8.17. The molecule has 1 aliphatic carbocycles. The van der Waals surface area contributed by atoms with E-state index in [2.05, 4.69) is 41.3 Å². The molecule has 0 radical (unpaired) electrons. The van der Waals surface area contributed by atoms with Gasteiger partial charge in [0.2, 0.25) is 5.95 Å². The van der Waals surface area contributed by atoms with Crippen LogP contribution >= 0.6 is 0 Å². The summed E-state index contributed by atoms with van der Waals surface area (Å²) in [6, 6.07) is 0. The van der Waals surface area contributed by atoms with Crippen LogP contribution in [0.25, 0.3) is 0 Å². The lowest BCUT2D eigenvalue weighted by molar-refractivity contribution is 0.179. The second-order valence-corrected chi connectivity index (χ2v) is 5.25. The molecule has 0 aliphatic heterocycles. The van der Waals surface area contributed by atoms with E-state index in [0.29, 0.717) is 11.4 Å². The Morgan fingerprint density at radius 1 is 1.12 bits per heavy atom. The first-order valence-corrected chi connectivity index (χ1v) is 6.63. The Bertz CT molecular complexity index is 385. The Kier molecular flexibility index (Phi) is 3.60. The molecule has 1 heterocycles. The zero-order chi connectivity index (χ0) is 12.3. The molecule has 0 unspecified atom stereocenters. The molecule has 17 heavy (non-hydrogen) atoms. The molecule has 1 aliphatic rings. The summed E-state index contributed by atoms with van der Waals surface area (Å²) in [4.78, 5) is 4.54. The summed E-state index contributed by atoms with van der Waals surface area (Å²) >= 11 is 0. The van der Waals surface area contributed by atoms with Crippen molar-refractivity contribution in [2.75, 3.05) is 11.9 Å². The Hall–Kier alpha value is -1.19. The van der Waals surface area contributed by atoms with E-state index in [1.165, 1.54) is 19.3 Å². The average Bonchev–Trinajstić information content (AvgIpc) is 2.33. The minimum absolute atomic E-state index is 0.444. The highest BCUT2D eigenvalue weighted by molar-refractivity contribution is 5.26. The Morgan fingerprint density at radius 2 is 1.82 bits per heavy atom. The minimum Gasteiger partial charge on any atom is -0.352 e. The van der Waals surface area contributed by atoms with Crippen molar-refractivity contribution in [2.45, 2.75) is 52.9 Å². The van der Waals surface area contributed by atoms with Crippen LogP contribution in [-0.4, -0.2) is 21.7 Å². The first kappa shape index (κ1) is 12.3. The maximum absolute atomic E-state index is 4.54. The van der Waals surface area contributed by atoms with E-state index in [4.69, 9.17) is 0 Å². The van der Waals surface area contributed by atoms with Crippen LogP contribution in [0.2, 0.25) is 0 Å². The van der Waals surface area contributed by atoms with Crippen LogP contribution in [0.1, 0.15) is 51.4 Å². The number of aryl methyl sites for hydroxylation is 2. The van der Waals surface area contributed by atoms with E-state index in [1.807, 2.05) is 0 Å². The molecule has 0 saturated heterocycles. The molecule has 0 amide bonds. The Balaban J connectivity index is 2.01. The van der Waals surface area contributed by atoms with Crippen molar-refractivity contribution in [1.82, 2.24) is 15.2 Å². The summed E-state index contributed by atoms with van der Waals surface area (Å²) in [7, 11) is 0. The van der Waals surface area contributed by atoms with Gasteiger partial charge in [0.1, 0.15) is 0 Å². The van der Waals surface area contributed by atoms with E-state index < -0.39 is 0 Å². The molecule has 94 valence electrons. The van der Waals surface area contributed by atoms with Gasteiger partial charge in [-0.25, -0.2) is 4.98 Å². The lowest BCUT2D eigenvalue weighted by Gasteiger charge is -2.38. The van der Waals surface area contributed by atoms with Crippen molar-refractivity contribution < 1.29 is 0 Å². The lowest BCUT2D eigenvalue weighted by Crippen LogP contribution is -2.33. The summed E-state index contributed by atoms with van der Waals surface area (Å²) in [5.41, 5.74) is 2.54. The predicted molar refractivity (Wildman–Crippen MR) is 69.0 cm³/mol. The molecule has 0 bridgehead atoms. The van der Waals surface area contributed by atoms with Gasteiger partial charge in [-0.3, -0.25) is 0 Å². The zero-order valence-electron chi connectivity index (χ0n) is 11.1. The van der Waals surface area contributed by atoms with Crippen molar-refractivity contribution >= 4 is 5.95 Å². The molecule has 0 spiro atoms. The molecule has 1 aromatic heterocycles. The van der Waals surface area contributed by atoms with Crippen LogP contribution in [0, 0.1) is 5.41 Å². The SMILES string of the molecule is CCc1nnc(NCC2(C)CCC2)nc1CC. The van der Waals surface area contributed by atoms with Crippen molar-refractivity contribution in [3.05, 3.63) is 11.4 Å². The number of rotatable bonds is 5. The fraction of sp³-hybridized carbons (Fsp3) is 0.769. The average molecular weight is 234 g/mol. The van der Waals surface area contributed by atoms with Crippen LogP contribution in [0.4, 0.5) is 5.95 Å². The number of hydrogen-bond donors (Lipinski definition) is 1. The fourth-order valence-electron chi connectivity index (χ4n) is 2.26. The Morgan fingerprint density at radius 3 is 2.35 bits per heavy atom. The largest absolute Gasteiger partial charge is 0.352 e.